The van der Waals surface area contributed by atoms with Crippen molar-refractivity contribution in [1.29, 1.82) is 0 Å². The first-order chi connectivity index (χ1) is 9.20. The Morgan fingerprint density at radius 3 is 2.95 bits per heavy atom. The van der Waals surface area contributed by atoms with E-state index in [-0.39, 0.29) is 0 Å². The van der Waals surface area contributed by atoms with Crippen LogP contribution in [0.15, 0.2) is 24.3 Å². The third kappa shape index (κ3) is 3.95. The molecule has 0 radical (unpaired) electrons. The normalized spacial score (nSPS) is 25.0. The van der Waals surface area contributed by atoms with Crippen molar-refractivity contribution < 1.29 is 9.47 Å². The quantitative estimate of drug-likeness (QED) is 0.884. The molecule has 3 unspecified atom stereocenters. The molecule has 0 aromatic heterocycles. The summed E-state index contributed by atoms with van der Waals surface area (Å²) in [7, 11) is 0. The van der Waals surface area contributed by atoms with Crippen molar-refractivity contribution in [3.05, 3.63) is 29.8 Å². The fourth-order valence-corrected chi connectivity index (χ4v) is 2.72. The van der Waals surface area contributed by atoms with E-state index in [0.29, 0.717) is 24.8 Å². The van der Waals surface area contributed by atoms with E-state index in [1.807, 2.05) is 19.1 Å². The van der Waals surface area contributed by atoms with Gasteiger partial charge in [-0.15, -0.1) is 0 Å². The van der Waals surface area contributed by atoms with E-state index in [0.717, 1.165) is 25.2 Å². The first-order valence-corrected chi connectivity index (χ1v) is 7.30. The van der Waals surface area contributed by atoms with Gasteiger partial charge in [0.1, 0.15) is 5.75 Å². The maximum atomic E-state index is 5.70. The molecule has 3 nitrogen and oxygen atoms in total. The number of benzene rings is 1. The van der Waals surface area contributed by atoms with Gasteiger partial charge in [-0.1, -0.05) is 18.2 Å². The summed E-state index contributed by atoms with van der Waals surface area (Å²) in [6.07, 6.45) is 2.53. The van der Waals surface area contributed by atoms with Gasteiger partial charge in [0.2, 0.25) is 0 Å². The number of nitrogens with one attached hydrogen (secondary N) is 1. The molecule has 1 aromatic carbocycles. The smallest absolute Gasteiger partial charge is 0.124 e. The Balaban J connectivity index is 2.00. The van der Waals surface area contributed by atoms with Crippen molar-refractivity contribution in [1.82, 2.24) is 5.32 Å². The van der Waals surface area contributed by atoms with Crippen LogP contribution < -0.4 is 10.1 Å². The highest BCUT2D eigenvalue weighted by Gasteiger charge is 2.22. The van der Waals surface area contributed by atoms with Gasteiger partial charge in [-0.3, -0.25) is 0 Å². The fraction of sp³-hybridized carbons (Fsp3) is 0.625. The maximum absolute atomic E-state index is 5.70. The summed E-state index contributed by atoms with van der Waals surface area (Å²) in [5.74, 6) is 0.991. The minimum atomic E-state index is 0.304. The molecule has 3 atom stereocenters. The Kier molecular flexibility index (Phi) is 5.23. The summed E-state index contributed by atoms with van der Waals surface area (Å²) in [5, 5.41) is 3.70. The van der Waals surface area contributed by atoms with Crippen molar-refractivity contribution in [2.24, 2.45) is 0 Å². The molecule has 0 amide bonds. The Bertz CT molecular complexity index is 394. The molecular formula is C16H25NO2. The Hall–Kier alpha value is -1.06. The predicted molar refractivity (Wildman–Crippen MR) is 77.6 cm³/mol. The van der Waals surface area contributed by atoms with Gasteiger partial charge in [-0.25, -0.2) is 0 Å². The lowest BCUT2D eigenvalue weighted by Gasteiger charge is -2.31. The fourth-order valence-electron chi connectivity index (χ4n) is 2.72. The molecule has 1 fully saturated rings. The van der Waals surface area contributed by atoms with Crippen molar-refractivity contribution >= 4 is 0 Å². The molecule has 19 heavy (non-hydrogen) atoms. The summed E-state index contributed by atoms with van der Waals surface area (Å²) >= 11 is 0. The van der Waals surface area contributed by atoms with Crippen molar-refractivity contribution in [3.63, 3.8) is 0 Å². The van der Waals surface area contributed by atoms with Crippen molar-refractivity contribution in [2.45, 2.75) is 51.8 Å². The Morgan fingerprint density at radius 1 is 1.42 bits per heavy atom. The number of hydrogen-bond acceptors (Lipinski definition) is 3. The van der Waals surface area contributed by atoms with Gasteiger partial charge in [0.05, 0.1) is 12.7 Å². The molecule has 1 N–H and O–H groups in total. The first kappa shape index (κ1) is 14.4. The summed E-state index contributed by atoms with van der Waals surface area (Å²) in [6.45, 7) is 7.94. The summed E-state index contributed by atoms with van der Waals surface area (Å²) in [6, 6.07) is 9.13. The van der Waals surface area contributed by atoms with Crippen LogP contribution in [0, 0.1) is 0 Å². The van der Waals surface area contributed by atoms with E-state index in [1.165, 1.54) is 5.56 Å². The third-order valence-electron chi connectivity index (χ3n) is 3.66. The van der Waals surface area contributed by atoms with Crippen LogP contribution >= 0.6 is 0 Å². The van der Waals surface area contributed by atoms with Gasteiger partial charge in [0.15, 0.2) is 0 Å². The van der Waals surface area contributed by atoms with Gasteiger partial charge >= 0.3 is 0 Å². The molecule has 1 aliphatic rings. The Morgan fingerprint density at radius 2 is 2.21 bits per heavy atom. The predicted octanol–water partition coefficient (Wildman–Crippen LogP) is 3.30. The molecule has 106 valence electrons. The highest BCUT2D eigenvalue weighted by atomic mass is 16.5. The second kappa shape index (κ2) is 6.92. The zero-order valence-electron chi connectivity index (χ0n) is 12.2. The average molecular weight is 263 g/mol. The lowest BCUT2D eigenvalue weighted by Crippen LogP contribution is -2.39. The van der Waals surface area contributed by atoms with Gasteiger partial charge in [0, 0.05) is 24.3 Å². The van der Waals surface area contributed by atoms with Gasteiger partial charge in [0.25, 0.3) is 0 Å². The van der Waals surface area contributed by atoms with Crippen LogP contribution in [0.4, 0.5) is 0 Å². The minimum Gasteiger partial charge on any atom is -0.494 e. The van der Waals surface area contributed by atoms with Crippen LogP contribution in [0.5, 0.6) is 5.75 Å². The average Bonchev–Trinajstić information content (AvgIpc) is 2.39. The molecule has 1 heterocycles. The topological polar surface area (TPSA) is 30.5 Å². The third-order valence-corrected chi connectivity index (χ3v) is 3.66. The van der Waals surface area contributed by atoms with Crippen LogP contribution in [-0.4, -0.2) is 25.4 Å². The molecule has 0 spiro atoms. The van der Waals surface area contributed by atoms with Crippen molar-refractivity contribution in [3.8, 4) is 5.75 Å². The summed E-state index contributed by atoms with van der Waals surface area (Å²) in [5.41, 5.74) is 1.24. The SMILES string of the molecule is CCOc1ccccc1C(C)NC1CCOC(C)C1. The van der Waals surface area contributed by atoms with Crippen LogP contribution in [0.1, 0.15) is 45.2 Å². The first-order valence-electron chi connectivity index (χ1n) is 7.30. The molecule has 3 heteroatoms. The van der Waals surface area contributed by atoms with Gasteiger partial charge < -0.3 is 14.8 Å². The second-order valence-electron chi connectivity index (χ2n) is 5.26. The van der Waals surface area contributed by atoms with Crippen molar-refractivity contribution in [2.75, 3.05) is 13.2 Å². The standard InChI is InChI=1S/C16H25NO2/c1-4-18-16-8-6-5-7-15(16)13(3)17-14-9-10-19-12(2)11-14/h5-8,12-14,17H,4,9-11H2,1-3H3. The minimum absolute atomic E-state index is 0.304. The van der Waals surface area contributed by atoms with E-state index in [9.17, 15) is 0 Å². The summed E-state index contributed by atoms with van der Waals surface area (Å²) in [4.78, 5) is 0. The van der Waals surface area contributed by atoms with Crippen LogP contribution in [-0.2, 0) is 4.74 Å². The highest BCUT2D eigenvalue weighted by Crippen LogP contribution is 2.26. The summed E-state index contributed by atoms with van der Waals surface area (Å²) < 4.78 is 11.3. The molecule has 0 bridgehead atoms. The van der Waals surface area contributed by atoms with E-state index >= 15 is 0 Å². The molecule has 0 aliphatic carbocycles. The number of ether oxygens (including phenoxy) is 2. The van der Waals surface area contributed by atoms with Gasteiger partial charge in [-0.05, 0) is 39.7 Å². The van der Waals surface area contributed by atoms with E-state index in [4.69, 9.17) is 9.47 Å². The van der Waals surface area contributed by atoms with E-state index < -0.39 is 0 Å². The zero-order chi connectivity index (χ0) is 13.7. The lowest BCUT2D eigenvalue weighted by molar-refractivity contribution is 0.0115. The maximum Gasteiger partial charge on any atom is 0.124 e. The monoisotopic (exact) mass is 263 g/mol. The number of hydrogen-bond donors (Lipinski definition) is 1. The lowest BCUT2D eigenvalue weighted by atomic mass is 10.0. The van der Waals surface area contributed by atoms with Crippen LogP contribution in [0.3, 0.4) is 0 Å². The van der Waals surface area contributed by atoms with E-state index in [2.05, 4.69) is 31.3 Å². The molecule has 1 aliphatic heterocycles. The molecule has 0 saturated carbocycles. The highest BCUT2D eigenvalue weighted by molar-refractivity contribution is 5.35. The van der Waals surface area contributed by atoms with E-state index in [1.54, 1.807) is 0 Å². The molecule has 2 rings (SSSR count). The molecule has 1 aromatic rings. The van der Waals surface area contributed by atoms with Crippen LogP contribution in [0.25, 0.3) is 0 Å². The molecular weight excluding hydrogens is 238 g/mol. The number of para-hydroxylation sites is 1. The van der Waals surface area contributed by atoms with Gasteiger partial charge in [-0.2, -0.15) is 0 Å². The number of rotatable bonds is 5. The largest absolute Gasteiger partial charge is 0.494 e. The van der Waals surface area contributed by atoms with Crippen LogP contribution in [0.2, 0.25) is 0 Å². The Labute approximate surface area is 116 Å². The zero-order valence-corrected chi connectivity index (χ0v) is 12.2. The second-order valence-corrected chi connectivity index (χ2v) is 5.26. The molecule has 1 saturated heterocycles.